The Kier molecular flexibility index (Phi) is 6.20. The molecule has 6 nitrogen and oxygen atoms in total. The molecule has 0 bridgehead atoms. The van der Waals surface area contributed by atoms with Crippen LogP contribution in [0.3, 0.4) is 0 Å². The van der Waals surface area contributed by atoms with Crippen LogP contribution in [0.25, 0.3) is 16.9 Å². The van der Waals surface area contributed by atoms with Gasteiger partial charge in [-0.3, -0.25) is 9.36 Å². The Labute approximate surface area is 211 Å². The lowest BCUT2D eigenvalue weighted by Crippen LogP contribution is -2.40. The van der Waals surface area contributed by atoms with E-state index in [4.69, 9.17) is 11.6 Å². The van der Waals surface area contributed by atoms with Gasteiger partial charge in [-0.2, -0.15) is 13.2 Å². The molecule has 188 valence electrons. The van der Waals surface area contributed by atoms with E-state index in [1.165, 1.54) is 51.9 Å². The molecule has 2 heterocycles. The summed E-state index contributed by atoms with van der Waals surface area (Å²) in [4.78, 5) is 31.4. The number of alkyl halides is 3. The lowest BCUT2D eigenvalue weighted by molar-refractivity contribution is -0.137. The second kappa shape index (κ2) is 9.36. The molecule has 5 aromatic rings. The Hall–Kier alpha value is -4.18. The average molecular weight is 529 g/mol. The van der Waals surface area contributed by atoms with Crippen molar-refractivity contribution in [2.75, 3.05) is 0 Å². The molecule has 0 radical (unpaired) electrons. The maximum Gasteiger partial charge on any atom is 0.416 e. The summed E-state index contributed by atoms with van der Waals surface area (Å²) >= 11 is 6.00. The number of nitrogens with zero attached hydrogens (tertiary/aromatic N) is 4. The molecule has 2 aromatic heterocycles. The van der Waals surface area contributed by atoms with Crippen molar-refractivity contribution in [3.8, 4) is 5.69 Å². The van der Waals surface area contributed by atoms with E-state index in [2.05, 4.69) is 4.98 Å². The van der Waals surface area contributed by atoms with Gasteiger partial charge in [0.1, 0.15) is 5.82 Å². The average Bonchev–Trinajstić information content (AvgIpc) is 3.27. The predicted molar refractivity (Wildman–Crippen MR) is 131 cm³/mol. The van der Waals surface area contributed by atoms with Gasteiger partial charge in [-0.15, -0.1) is 0 Å². The molecule has 0 fully saturated rings. The fourth-order valence-electron chi connectivity index (χ4n) is 4.08. The van der Waals surface area contributed by atoms with Gasteiger partial charge in [0.2, 0.25) is 0 Å². The molecule has 0 aliphatic rings. The van der Waals surface area contributed by atoms with Crippen LogP contribution in [0.2, 0.25) is 5.02 Å². The molecule has 0 saturated heterocycles. The maximum absolute atomic E-state index is 13.6. The number of aromatic nitrogens is 4. The molecule has 0 unspecified atom stereocenters. The zero-order chi connectivity index (χ0) is 26.3. The van der Waals surface area contributed by atoms with E-state index in [0.29, 0.717) is 21.8 Å². The van der Waals surface area contributed by atoms with Crippen molar-refractivity contribution in [3.05, 3.63) is 127 Å². The number of hydrogen-bond acceptors (Lipinski definition) is 3. The zero-order valence-electron chi connectivity index (χ0n) is 18.9. The van der Waals surface area contributed by atoms with Gasteiger partial charge >= 0.3 is 11.9 Å². The summed E-state index contributed by atoms with van der Waals surface area (Å²) in [7, 11) is 0. The van der Waals surface area contributed by atoms with E-state index in [1.807, 2.05) is 0 Å². The van der Waals surface area contributed by atoms with E-state index in [1.54, 1.807) is 24.3 Å². The minimum atomic E-state index is -4.52. The minimum absolute atomic E-state index is 0.0223. The van der Waals surface area contributed by atoms with E-state index in [9.17, 15) is 27.2 Å². The van der Waals surface area contributed by atoms with Crippen molar-refractivity contribution in [3.63, 3.8) is 0 Å². The third-order valence-corrected chi connectivity index (χ3v) is 6.10. The van der Waals surface area contributed by atoms with Crippen molar-refractivity contribution in [2.24, 2.45) is 0 Å². The van der Waals surface area contributed by atoms with E-state index < -0.39 is 28.8 Å². The van der Waals surface area contributed by atoms with E-state index in [0.717, 1.165) is 16.7 Å². The van der Waals surface area contributed by atoms with Crippen LogP contribution >= 0.6 is 11.6 Å². The highest BCUT2D eigenvalue weighted by Crippen LogP contribution is 2.30. The van der Waals surface area contributed by atoms with Crippen LogP contribution in [0.1, 0.15) is 16.7 Å². The fraction of sp³-hybridized carbons (Fsp3) is 0.115. The number of rotatable bonds is 5. The van der Waals surface area contributed by atoms with Crippen LogP contribution in [0.5, 0.6) is 0 Å². The maximum atomic E-state index is 13.6. The Morgan fingerprint density at radius 2 is 1.57 bits per heavy atom. The Bertz CT molecular complexity index is 1720. The summed E-state index contributed by atoms with van der Waals surface area (Å²) < 4.78 is 56.7. The third kappa shape index (κ3) is 4.79. The Balaban J connectivity index is 1.71. The molecule has 0 spiro atoms. The lowest BCUT2D eigenvalue weighted by atomic mass is 10.1. The molecular formula is C26H17ClF4N4O2. The standard InChI is InChI=1S/C26H17ClF4N4O2/c27-19-6-10-21(11-7-19)35-23-22(24(36)34(25(35)37)14-16-4-8-20(28)9-5-16)33(15-32-23)13-17-2-1-3-18(12-17)26(29,30)31/h1-12,15H,13-14H2. The quantitative estimate of drug-likeness (QED) is 0.293. The highest BCUT2D eigenvalue weighted by atomic mass is 35.5. The van der Waals surface area contributed by atoms with Crippen LogP contribution in [-0.2, 0) is 19.3 Å². The first kappa shape index (κ1) is 24.5. The molecule has 0 saturated carbocycles. The minimum Gasteiger partial charge on any atom is -0.320 e. The van der Waals surface area contributed by atoms with Gasteiger partial charge in [0.25, 0.3) is 5.56 Å². The summed E-state index contributed by atoms with van der Waals surface area (Å²) in [6, 6.07) is 16.4. The summed E-state index contributed by atoms with van der Waals surface area (Å²) in [6.45, 7) is -0.249. The second-order valence-corrected chi connectivity index (χ2v) is 8.79. The third-order valence-electron chi connectivity index (χ3n) is 5.85. The Morgan fingerprint density at radius 1 is 0.865 bits per heavy atom. The molecule has 0 aliphatic heterocycles. The van der Waals surface area contributed by atoms with Crippen LogP contribution in [0, 0.1) is 5.82 Å². The first-order valence-electron chi connectivity index (χ1n) is 11.0. The van der Waals surface area contributed by atoms with Crippen LogP contribution in [-0.4, -0.2) is 18.7 Å². The number of benzene rings is 3. The summed E-state index contributed by atoms with van der Waals surface area (Å²) in [5.74, 6) is -0.468. The number of imidazole rings is 1. The smallest absolute Gasteiger partial charge is 0.320 e. The molecule has 37 heavy (non-hydrogen) atoms. The van der Waals surface area contributed by atoms with E-state index >= 15 is 0 Å². The molecule has 5 rings (SSSR count). The molecular weight excluding hydrogens is 512 g/mol. The fourth-order valence-corrected chi connectivity index (χ4v) is 4.20. The highest BCUT2D eigenvalue weighted by Gasteiger charge is 2.30. The van der Waals surface area contributed by atoms with Crippen LogP contribution in [0.4, 0.5) is 17.6 Å². The SMILES string of the molecule is O=c1c2c(ncn2Cc2cccc(C(F)(F)F)c2)n(-c2ccc(Cl)cc2)c(=O)n1Cc1ccc(F)cc1. The molecule has 11 heteroatoms. The van der Waals surface area contributed by atoms with Crippen molar-refractivity contribution in [1.29, 1.82) is 0 Å². The van der Waals surface area contributed by atoms with Gasteiger partial charge in [0.05, 0.1) is 24.1 Å². The zero-order valence-corrected chi connectivity index (χ0v) is 19.7. The molecule has 0 atom stereocenters. The second-order valence-electron chi connectivity index (χ2n) is 8.35. The lowest BCUT2D eigenvalue weighted by Gasteiger charge is -2.13. The largest absolute Gasteiger partial charge is 0.416 e. The molecule has 0 amide bonds. The van der Waals surface area contributed by atoms with Crippen LogP contribution in [0.15, 0.2) is 88.7 Å². The van der Waals surface area contributed by atoms with Crippen molar-refractivity contribution < 1.29 is 17.6 Å². The normalized spacial score (nSPS) is 11.8. The number of hydrogen-bond donors (Lipinski definition) is 0. The van der Waals surface area contributed by atoms with Gasteiger partial charge in [0, 0.05) is 11.6 Å². The molecule has 0 N–H and O–H groups in total. The monoisotopic (exact) mass is 528 g/mol. The summed E-state index contributed by atoms with van der Waals surface area (Å²) in [5, 5.41) is 0.433. The van der Waals surface area contributed by atoms with Gasteiger partial charge in [-0.1, -0.05) is 35.9 Å². The first-order valence-corrected chi connectivity index (χ1v) is 11.4. The van der Waals surface area contributed by atoms with Crippen molar-refractivity contribution in [2.45, 2.75) is 19.3 Å². The van der Waals surface area contributed by atoms with Crippen molar-refractivity contribution in [1.82, 2.24) is 18.7 Å². The molecule has 3 aromatic carbocycles. The summed E-state index contributed by atoms with van der Waals surface area (Å²) in [6.07, 6.45) is -3.22. The number of fused-ring (bicyclic) bond motifs is 1. The van der Waals surface area contributed by atoms with Gasteiger partial charge in [-0.25, -0.2) is 18.7 Å². The number of halogens is 5. The predicted octanol–water partition coefficient (Wildman–Crippen LogP) is 5.26. The van der Waals surface area contributed by atoms with E-state index in [-0.39, 0.29) is 24.3 Å². The van der Waals surface area contributed by atoms with Gasteiger partial charge < -0.3 is 4.57 Å². The highest BCUT2D eigenvalue weighted by molar-refractivity contribution is 6.30. The first-order chi connectivity index (χ1) is 17.6. The van der Waals surface area contributed by atoms with Crippen LogP contribution < -0.4 is 11.2 Å². The summed E-state index contributed by atoms with van der Waals surface area (Å²) in [5.41, 5.74) is -0.937. The van der Waals surface area contributed by atoms with Crippen molar-refractivity contribution >= 4 is 22.8 Å². The Morgan fingerprint density at radius 3 is 2.24 bits per heavy atom. The van der Waals surface area contributed by atoms with Gasteiger partial charge in [0.15, 0.2) is 11.2 Å². The van der Waals surface area contributed by atoms with Gasteiger partial charge in [-0.05, 0) is 59.7 Å². The molecule has 0 aliphatic carbocycles. The topological polar surface area (TPSA) is 61.8 Å².